The standard InChI is InChI=1S/C17H15ClN4O/c1-12-17(13-4-2-6-15(8-13)20-11-23)22(10-19-12)21-16-7-3-5-14(18)9-16/h2-9,19,21H,10H2,1H3. The molecule has 3 rings (SSSR count). The van der Waals surface area contributed by atoms with E-state index in [4.69, 9.17) is 11.6 Å². The molecule has 2 aromatic carbocycles. The zero-order valence-corrected chi connectivity index (χ0v) is 13.3. The molecule has 0 saturated heterocycles. The Hall–Kier alpha value is -2.75. The molecule has 0 saturated carbocycles. The van der Waals surface area contributed by atoms with Crippen molar-refractivity contribution in [3.8, 4) is 0 Å². The van der Waals surface area contributed by atoms with Gasteiger partial charge in [-0.05, 0) is 37.3 Å². The van der Waals surface area contributed by atoms with Crippen molar-refractivity contribution in [3.63, 3.8) is 0 Å². The number of hydrazine groups is 1. The van der Waals surface area contributed by atoms with E-state index in [9.17, 15) is 4.79 Å². The first-order valence-electron chi connectivity index (χ1n) is 7.10. The van der Waals surface area contributed by atoms with Gasteiger partial charge in [0.05, 0.1) is 17.1 Å². The third-order valence-corrected chi connectivity index (χ3v) is 3.75. The van der Waals surface area contributed by atoms with Crippen molar-refractivity contribution in [1.29, 1.82) is 0 Å². The van der Waals surface area contributed by atoms with Crippen molar-refractivity contribution in [2.45, 2.75) is 6.92 Å². The lowest BCUT2D eigenvalue weighted by atomic mass is 10.1. The highest BCUT2D eigenvalue weighted by molar-refractivity contribution is 6.30. The van der Waals surface area contributed by atoms with Gasteiger partial charge < -0.3 is 5.32 Å². The molecule has 23 heavy (non-hydrogen) atoms. The van der Waals surface area contributed by atoms with Crippen molar-refractivity contribution in [2.24, 2.45) is 4.99 Å². The van der Waals surface area contributed by atoms with Crippen molar-refractivity contribution in [1.82, 2.24) is 10.3 Å². The summed E-state index contributed by atoms with van der Waals surface area (Å²) in [6.07, 6.45) is 1.57. The van der Waals surface area contributed by atoms with Crippen LogP contribution in [-0.2, 0) is 4.79 Å². The van der Waals surface area contributed by atoms with Gasteiger partial charge in [-0.2, -0.15) is 4.99 Å². The number of allylic oxidation sites excluding steroid dienone is 1. The third kappa shape index (κ3) is 3.37. The van der Waals surface area contributed by atoms with Crippen molar-refractivity contribution >= 4 is 34.8 Å². The molecule has 0 bridgehead atoms. The second-order valence-electron chi connectivity index (χ2n) is 5.11. The first-order chi connectivity index (χ1) is 11.2. The van der Waals surface area contributed by atoms with Gasteiger partial charge >= 0.3 is 0 Å². The van der Waals surface area contributed by atoms with Crippen LogP contribution in [0, 0.1) is 0 Å². The summed E-state index contributed by atoms with van der Waals surface area (Å²) in [5.41, 5.74) is 7.79. The zero-order chi connectivity index (χ0) is 16.2. The number of carbonyl (C=O) groups excluding carboxylic acids is 1. The van der Waals surface area contributed by atoms with Gasteiger partial charge in [-0.3, -0.25) is 10.4 Å². The Kier molecular flexibility index (Phi) is 4.33. The van der Waals surface area contributed by atoms with Crippen LogP contribution in [0.15, 0.2) is 59.2 Å². The minimum atomic E-state index is 0.576. The zero-order valence-electron chi connectivity index (χ0n) is 12.5. The second-order valence-corrected chi connectivity index (χ2v) is 5.55. The first-order valence-corrected chi connectivity index (χ1v) is 7.48. The van der Waals surface area contributed by atoms with Gasteiger partial charge in [0.2, 0.25) is 6.08 Å². The second kappa shape index (κ2) is 6.57. The van der Waals surface area contributed by atoms with Gasteiger partial charge in [-0.25, -0.2) is 4.79 Å². The van der Waals surface area contributed by atoms with Crippen LogP contribution in [0.2, 0.25) is 5.02 Å². The molecule has 0 aliphatic carbocycles. The number of anilines is 1. The number of halogens is 1. The Morgan fingerprint density at radius 1 is 1.26 bits per heavy atom. The summed E-state index contributed by atoms with van der Waals surface area (Å²) in [7, 11) is 0. The van der Waals surface area contributed by atoms with Gasteiger partial charge in [-0.1, -0.05) is 29.8 Å². The number of isocyanates is 1. The Morgan fingerprint density at radius 2 is 2.09 bits per heavy atom. The van der Waals surface area contributed by atoms with Crippen LogP contribution in [-0.4, -0.2) is 17.8 Å². The highest BCUT2D eigenvalue weighted by Crippen LogP contribution is 2.29. The maximum Gasteiger partial charge on any atom is 0.240 e. The lowest BCUT2D eigenvalue weighted by Gasteiger charge is -2.23. The summed E-state index contributed by atoms with van der Waals surface area (Å²) in [5.74, 6) is 0. The van der Waals surface area contributed by atoms with E-state index < -0.39 is 0 Å². The maximum atomic E-state index is 10.5. The topological polar surface area (TPSA) is 56.7 Å². The van der Waals surface area contributed by atoms with Gasteiger partial charge in [-0.15, -0.1) is 0 Å². The molecule has 1 heterocycles. The van der Waals surface area contributed by atoms with Gasteiger partial charge in [0.25, 0.3) is 0 Å². The Balaban J connectivity index is 1.91. The molecule has 0 atom stereocenters. The van der Waals surface area contributed by atoms with Crippen molar-refractivity contribution in [3.05, 3.63) is 64.8 Å². The van der Waals surface area contributed by atoms with E-state index in [-0.39, 0.29) is 0 Å². The number of hydrogen-bond acceptors (Lipinski definition) is 5. The monoisotopic (exact) mass is 326 g/mol. The molecule has 0 spiro atoms. The summed E-state index contributed by atoms with van der Waals surface area (Å²) in [5, 5.41) is 5.97. The third-order valence-electron chi connectivity index (χ3n) is 3.51. The van der Waals surface area contributed by atoms with Crippen molar-refractivity contribution < 1.29 is 4.79 Å². The van der Waals surface area contributed by atoms with Crippen LogP contribution in [0.25, 0.3) is 5.70 Å². The molecular weight excluding hydrogens is 312 g/mol. The fraction of sp³-hybridized carbons (Fsp3) is 0.118. The fourth-order valence-electron chi connectivity index (χ4n) is 2.52. The Morgan fingerprint density at radius 3 is 2.87 bits per heavy atom. The van der Waals surface area contributed by atoms with E-state index >= 15 is 0 Å². The number of benzene rings is 2. The number of hydrogen-bond donors (Lipinski definition) is 2. The number of nitrogens with zero attached hydrogens (tertiary/aromatic N) is 2. The predicted octanol–water partition coefficient (Wildman–Crippen LogP) is 3.89. The number of aliphatic imine (C=N–C) groups is 1. The van der Waals surface area contributed by atoms with Gasteiger partial charge in [0.15, 0.2) is 0 Å². The number of nitrogens with one attached hydrogen (secondary N) is 2. The fourth-order valence-corrected chi connectivity index (χ4v) is 2.71. The minimum absolute atomic E-state index is 0.576. The van der Waals surface area contributed by atoms with E-state index in [0.29, 0.717) is 17.4 Å². The maximum absolute atomic E-state index is 10.5. The molecule has 1 aliphatic rings. The van der Waals surface area contributed by atoms with Crippen LogP contribution in [0.5, 0.6) is 0 Å². The van der Waals surface area contributed by atoms with E-state index in [1.54, 1.807) is 12.1 Å². The molecule has 2 aromatic rings. The lowest BCUT2D eigenvalue weighted by molar-refractivity contribution is 0.483. The smallest absolute Gasteiger partial charge is 0.240 e. The Labute approximate surface area is 139 Å². The molecule has 116 valence electrons. The molecule has 2 N–H and O–H groups in total. The van der Waals surface area contributed by atoms with Crippen molar-refractivity contribution in [2.75, 3.05) is 12.1 Å². The lowest BCUT2D eigenvalue weighted by Crippen LogP contribution is -2.29. The highest BCUT2D eigenvalue weighted by Gasteiger charge is 2.21. The first kappa shape index (κ1) is 15.2. The van der Waals surface area contributed by atoms with Crippen LogP contribution in [0.1, 0.15) is 12.5 Å². The largest absolute Gasteiger partial charge is 0.368 e. The minimum Gasteiger partial charge on any atom is -0.368 e. The molecule has 6 heteroatoms. The molecule has 0 fully saturated rings. The van der Waals surface area contributed by atoms with E-state index in [1.807, 2.05) is 54.4 Å². The molecule has 0 radical (unpaired) electrons. The summed E-state index contributed by atoms with van der Waals surface area (Å²) in [4.78, 5) is 14.1. The molecular formula is C17H15ClN4O. The molecule has 0 aromatic heterocycles. The molecule has 0 amide bonds. The average Bonchev–Trinajstić information content (AvgIpc) is 2.88. The van der Waals surface area contributed by atoms with Gasteiger partial charge in [0.1, 0.15) is 6.67 Å². The van der Waals surface area contributed by atoms with Crippen LogP contribution >= 0.6 is 11.6 Å². The SMILES string of the molecule is CC1=C(c2cccc(N=C=O)c2)N(Nc2cccc(Cl)c2)CN1. The summed E-state index contributed by atoms with van der Waals surface area (Å²) in [6.45, 7) is 2.62. The van der Waals surface area contributed by atoms with Crippen LogP contribution in [0.4, 0.5) is 11.4 Å². The van der Waals surface area contributed by atoms with Crippen LogP contribution < -0.4 is 10.7 Å². The van der Waals surface area contributed by atoms with Gasteiger partial charge in [0, 0.05) is 16.3 Å². The predicted molar refractivity (Wildman–Crippen MR) is 91.7 cm³/mol. The highest BCUT2D eigenvalue weighted by atomic mass is 35.5. The molecule has 1 aliphatic heterocycles. The average molecular weight is 327 g/mol. The quantitative estimate of drug-likeness (QED) is 0.661. The van der Waals surface area contributed by atoms with E-state index in [2.05, 4.69) is 15.7 Å². The Bertz CT molecular complexity index is 812. The molecule has 0 unspecified atom stereocenters. The van der Waals surface area contributed by atoms with E-state index in [0.717, 1.165) is 22.6 Å². The van der Waals surface area contributed by atoms with Crippen LogP contribution in [0.3, 0.4) is 0 Å². The van der Waals surface area contributed by atoms with E-state index in [1.165, 1.54) is 0 Å². The molecule has 5 nitrogen and oxygen atoms in total. The normalized spacial score (nSPS) is 13.6. The summed E-state index contributed by atoms with van der Waals surface area (Å²) >= 11 is 6.03. The summed E-state index contributed by atoms with van der Waals surface area (Å²) < 4.78 is 0. The summed E-state index contributed by atoms with van der Waals surface area (Å²) in [6, 6.07) is 15.0. The number of rotatable bonds is 4.